The molecule has 0 saturated heterocycles. The van der Waals surface area contributed by atoms with E-state index >= 15 is 0 Å². The normalized spacial score (nSPS) is 11.7. The first-order valence-electron chi connectivity index (χ1n) is 8.23. The van der Waals surface area contributed by atoms with Gasteiger partial charge < -0.3 is 15.5 Å². The number of hydrogen-bond donors (Lipinski definition) is 3. The van der Waals surface area contributed by atoms with Gasteiger partial charge in [0.2, 0.25) is 0 Å². The predicted octanol–water partition coefficient (Wildman–Crippen LogP) is 1.32. The lowest BCUT2D eigenvalue weighted by Gasteiger charge is -2.14. The van der Waals surface area contributed by atoms with Crippen molar-refractivity contribution in [3.05, 3.63) is 59.9 Å². The van der Waals surface area contributed by atoms with Gasteiger partial charge in [-0.1, -0.05) is 24.3 Å². The van der Waals surface area contributed by atoms with Crippen molar-refractivity contribution in [3.8, 4) is 0 Å². The molecule has 0 aromatic heterocycles. The molecule has 2 aromatic rings. The fourth-order valence-corrected chi connectivity index (χ4v) is 2.97. The van der Waals surface area contributed by atoms with E-state index < -0.39 is 0 Å². The van der Waals surface area contributed by atoms with Crippen LogP contribution in [0.4, 0.5) is 10.1 Å². The van der Waals surface area contributed by atoms with Crippen molar-refractivity contribution in [2.45, 2.75) is 11.4 Å². The lowest BCUT2D eigenvalue weighted by atomic mass is 10.2. The SMILES string of the molecule is CSc1ccccc1NC(=O)C[NH+](C)CC(=O)NCc1ccc(F)cc1. The van der Waals surface area contributed by atoms with E-state index in [2.05, 4.69) is 10.6 Å². The molecular weight excluding hydrogens is 353 g/mol. The zero-order valence-electron chi connectivity index (χ0n) is 14.8. The lowest BCUT2D eigenvalue weighted by molar-refractivity contribution is -0.862. The maximum Gasteiger partial charge on any atom is 0.279 e. The van der Waals surface area contributed by atoms with Crippen LogP contribution in [0.25, 0.3) is 0 Å². The summed E-state index contributed by atoms with van der Waals surface area (Å²) < 4.78 is 12.9. The number of likely N-dealkylation sites (N-methyl/N-ethyl adjacent to an activating group) is 1. The average Bonchev–Trinajstić information content (AvgIpc) is 2.61. The summed E-state index contributed by atoms with van der Waals surface area (Å²) in [7, 11) is 1.79. The Bertz CT molecular complexity index is 753. The quantitative estimate of drug-likeness (QED) is 0.609. The van der Waals surface area contributed by atoms with E-state index in [1.807, 2.05) is 30.5 Å². The van der Waals surface area contributed by atoms with Crippen molar-refractivity contribution in [3.63, 3.8) is 0 Å². The molecule has 0 aliphatic rings. The molecule has 0 aliphatic carbocycles. The number of benzene rings is 2. The van der Waals surface area contributed by atoms with Crippen LogP contribution in [0.1, 0.15) is 5.56 Å². The zero-order chi connectivity index (χ0) is 18.9. The Labute approximate surface area is 157 Å². The molecule has 0 heterocycles. The monoisotopic (exact) mass is 376 g/mol. The number of para-hydroxylation sites is 1. The first-order valence-corrected chi connectivity index (χ1v) is 9.45. The van der Waals surface area contributed by atoms with Crippen molar-refractivity contribution in [1.29, 1.82) is 0 Å². The molecule has 2 amide bonds. The largest absolute Gasteiger partial charge is 0.347 e. The van der Waals surface area contributed by atoms with Crippen LogP contribution in [-0.2, 0) is 16.1 Å². The van der Waals surface area contributed by atoms with E-state index in [-0.39, 0.29) is 30.7 Å². The maximum atomic E-state index is 12.9. The molecule has 0 radical (unpaired) electrons. The fourth-order valence-electron chi connectivity index (χ4n) is 2.42. The van der Waals surface area contributed by atoms with Gasteiger partial charge in [0.1, 0.15) is 5.82 Å². The minimum absolute atomic E-state index is 0.143. The van der Waals surface area contributed by atoms with E-state index in [1.165, 1.54) is 12.1 Å². The van der Waals surface area contributed by atoms with Gasteiger partial charge >= 0.3 is 0 Å². The van der Waals surface area contributed by atoms with E-state index in [0.717, 1.165) is 21.0 Å². The number of quaternary nitrogens is 1. The van der Waals surface area contributed by atoms with Crippen LogP contribution in [0, 0.1) is 5.82 Å². The number of amides is 2. The molecule has 1 atom stereocenters. The number of thioether (sulfide) groups is 1. The Morgan fingerprint density at radius 1 is 1.04 bits per heavy atom. The number of hydrogen-bond acceptors (Lipinski definition) is 3. The van der Waals surface area contributed by atoms with Gasteiger partial charge in [-0.3, -0.25) is 9.59 Å². The van der Waals surface area contributed by atoms with Crippen LogP contribution < -0.4 is 15.5 Å². The summed E-state index contributed by atoms with van der Waals surface area (Å²) in [6.07, 6.45) is 1.95. The Balaban J connectivity index is 1.76. The van der Waals surface area contributed by atoms with Crippen LogP contribution >= 0.6 is 11.8 Å². The van der Waals surface area contributed by atoms with Crippen LogP contribution in [0.3, 0.4) is 0 Å². The standard InChI is InChI=1S/C19H22FN3O2S/c1-23(12-18(24)21-11-14-7-9-15(20)10-8-14)13-19(25)22-16-5-3-4-6-17(16)26-2/h3-10H,11-13H2,1-2H3,(H,21,24)(H,22,25)/p+1. The van der Waals surface area contributed by atoms with E-state index in [9.17, 15) is 14.0 Å². The molecule has 1 unspecified atom stereocenters. The highest BCUT2D eigenvalue weighted by molar-refractivity contribution is 7.98. The topological polar surface area (TPSA) is 62.6 Å². The zero-order valence-corrected chi connectivity index (χ0v) is 15.7. The van der Waals surface area contributed by atoms with Gasteiger partial charge in [-0.05, 0) is 36.1 Å². The summed E-state index contributed by atoms with van der Waals surface area (Å²) in [5, 5.41) is 5.65. The third kappa shape index (κ3) is 6.50. The second-order valence-electron chi connectivity index (χ2n) is 5.96. The number of halogens is 1. The van der Waals surface area contributed by atoms with Gasteiger partial charge in [-0.15, -0.1) is 11.8 Å². The van der Waals surface area contributed by atoms with Gasteiger partial charge in [0, 0.05) is 11.4 Å². The molecule has 0 saturated carbocycles. The molecule has 5 nitrogen and oxygen atoms in total. The molecule has 0 fully saturated rings. The summed E-state index contributed by atoms with van der Waals surface area (Å²) in [5.41, 5.74) is 1.60. The number of anilines is 1. The molecule has 0 bridgehead atoms. The van der Waals surface area contributed by atoms with E-state index in [1.54, 1.807) is 30.9 Å². The number of rotatable bonds is 8. The Morgan fingerprint density at radius 3 is 2.38 bits per heavy atom. The van der Waals surface area contributed by atoms with Crippen LogP contribution in [-0.4, -0.2) is 38.2 Å². The summed E-state index contributed by atoms with van der Waals surface area (Å²) >= 11 is 1.56. The van der Waals surface area contributed by atoms with Crippen LogP contribution in [0.5, 0.6) is 0 Å². The van der Waals surface area contributed by atoms with Gasteiger partial charge in [-0.25, -0.2) is 4.39 Å². The molecular formula is C19H23FN3O2S+. The average molecular weight is 376 g/mol. The first kappa shape index (κ1) is 19.9. The highest BCUT2D eigenvalue weighted by Crippen LogP contribution is 2.24. The molecule has 3 N–H and O–H groups in total. The lowest BCUT2D eigenvalue weighted by Crippen LogP contribution is -3.11. The molecule has 2 aromatic carbocycles. The molecule has 7 heteroatoms. The third-order valence-electron chi connectivity index (χ3n) is 3.71. The number of nitrogens with one attached hydrogen (secondary N) is 3. The minimum atomic E-state index is -0.307. The smallest absolute Gasteiger partial charge is 0.279 e. The second-order valence-corrected chi connectivity index (χ2v) is 6.81. The van der Waals surface area contributed by atoms with Crippen molar-refractivity contribution in [2.75, 3.05) is 31.7 Å². The second kappa shape index (κ2) is 9.94. The highest BCUT2D eigenvalue weighted by atomic mass is 32.2. The van der Waals surface area contributed by atoms with Crippen molar-refractivity contribution < 1.29 is 18.9 Å². The van der Waals surface area contributed by atoms with Gasteiger partial charge in [0.15, 0.2) is 13.1 Å². The Morgan fingerprint density at radius 2 is 1.69 bits per heavy atom. The Kier molecular flexibility index (Phi) is 7.62. The summed E-state index contributed by atoms with van der Waals surface area (Å²) in [6.45, 7) is 0.700. The Hall–Kier alpha value is -2.38. The molecule has 138 valence electrons. The van der Waals surface area contributed by atoms with E-state index in [0.29, 0.717) is 6.54 Å². The van der Waals surface area contributed by atoms with E-state index in [4.69, 9.17) is 0 Å². The number of carbonyl (C=O) groups is 2. The predicted molar refractivity (Wildman–Crippen MR) is 102 cm³/mol. The molecule has 26 heavy (non-hydrogen) atoms. The summed E-state index contributed by atoms with van der Waals surface area (Å²) in [6, 6.07) is 13.6. The highest BCUT2D eigenvalue weighted by Gasteiger charge is 2.15. The van der Waals surface area contributed by atoms with Crippen LogP contribution in [0.2, 0.25) is 0 Å². The van der Waals surface area contributed by atoms with Crippen molar-refractivity contribution in [2.24, 2.45) is 0 Å². The number of carbonyl (C=O) groups excluding carboxylic acids is 2. The minimum Gasteiger partial charge on any atom is -0.347 e. The first-order chi connectivity index (χ1) is 12.5. The third-order valence-corrected chi connectivity index (χ3v) is 4.50. The van der Waals surface area contributed by atoms with Crippen LogP contribution in [0.15, 0.2) is 53.4 Å². The van der Waals surface area contributed by atoms with Gasteiger partial charge in [-0.2, -0.15) is 0 Å². The molecule has 0 spiro atoms. The van der Waals surface area contributed by atoms with Gasteiger partial charge in [0.25, 0.3) is 11.8 Å². The molecule has 2 rings (SSSR count). The van der Waals surface area contributed by atoms with Crippen molar-refractivity contribution >= 4 is 29.3 Å². The fraction of sp³-hybridized carbons (Fsp3) is 0.263. The summed E-state index contributed by atoms with van der Waals surface area (Å²) in [4.78, 5) is 25.9. The maximum absolute atomic E-state index is 12.9. The van der Waals surface area contributed by atoms with Gasteiger partial charge in [0.05, 0.1) is 12.7 Å². The van der Waals surface area contributed by atoms with Crippen molar-refractivity contribution in [1.82, 2.24) is 5.32 Å². The molecule has 0 aliphatic heterocycles. The summed E-state index contributed by atoms with van der Waals surface area (Å²) in [5.74, 6) is -0.613.